The van der Waals surface area contributed by atoms with Gasteiger partial charge >= 0.3 is 5.97 Å². The lowest BCUT2D eigenvalue weighted by molar-refractivity contribution is 0.0486. The van der Waals surface area contributed by atoms with Gasteiger partial charge in [0, 0.05) is 17.9 Å². The van der Waals surface area contributed by atoms with Gasteiger partial charge in [0.15, 0.2) is 0 Å². The molecule has 6 nitrogen and oxygen atoms in total. The number of aromatic nitrogens is 2. The number of carbonyl (C=O) groups is 1. The summed E-state index contributed by atoms with van der Waals surface area (Å²) in [5.41, 5.74) is 5.34. The van der Waals surface area contributed by atoms with Gasteiger partial charge in [-0.25, -0.2) is 14.8 Å². The van der Waals surface area contributed by atoms with Crippen molar-refractivity contribution in [2.24, 2.45) is 5.73 Å². The second-order valence-corrected chi connectivity index (χ2v) is 4.63. The highest BCUT2D eigenvalue weighted by Crippen LogP contribution is 2.08. The number of carbonyl (C=O) groups excluding carboxylic acids is 1. The molecular weight excluding hydrogens is 258 g/mol. The predicted molar refractivity (Wildman–Crippen MR) is 66.2 cm³/mol. The summed E-state index contributed by atoms with van der Waals surface area (Å²) in [6.07, 6.45) is 3.75. The van der Waals surface area contributed by atoms with Crippen molar-refractivity contribution >= 4 is 17.6 Å². The van der Waals surface area contributed by atoms with Crippen molar-refractivity contribution in [3.05, 3.63) is 23.2 Å². The third kappa shape index (κ3) is 4.95. The van der Waals surface area contributed by atoms with E-state index in [-0.39, 0.29) is 24.1 Å². The van der Waals surface area contributed by atoms with Crippen LogP contribution in [0.4, 0.5) is 0 Å². The van der Waals surface area contributed by atoms with E-state index in [4.69, 9.17) is 27.2 Å². The Balaban J connectivity index is 2.32. The molecule has 1 atom stereocenters. The minimum atomic E-state index is -0.643. The first-order valence-corrected chi connectivity index (χ1v) is 5.87. The Kier molecular flexibility index (Phi) is 5.46. The van der Waals surface area contributed by atoms with Gasteiger partial charge in [0.1, 0.15) is 0 Å². The Hall–Kier alpha value is -1.24. The molecule has 0 saturated heterocycles. The maximum absolute atomic E-state index is 11.5. The molecule has 1 unspecified atom stereocenters. The van der Waals surface area contributed by atoms with Crippen LogP contribution in [0, 0.1) is 0 Å². The Morgan fingerprint density at radius 3 is 2.72 bits per heavy atom. The molecule has 0 saturated carbocycles. The lowest BCUT2D eigenvalue weighted by Crippen LogP contribution is -2.40. The molecular formula is C11H16ClN3O3. The highest BCUT2D eigenvalue weighted by molar-refractivity contribution is 6.28. The molecule has 0 fully saturated rings. The Bertz CT molecular complexity index is 395. The molecule has 100 valence electrons. The molecule has 0 radical (unpaired) electrons. The van der Waals surface area contributed by atoms with Gasteiger partial charge < -0.3 is 15.6 Å². The van der Waals surface area contributed by atoms with Crippen LogP contribution in [0.5, 0.6) is 0 Å². The molecule has 1 rings (SSSR count). The smallest absolute Gasteiger partial charge is 0.341 e. The number of ether oxygens (including phenoxy) is 1. The monoisotopic (exact) mass is 273 g/mol. The largest absolute Gasteiger partial charge is 0.462 e. The van der Waals surface area contributed by atoms with E-state index in [0.29, 0.717) is 12.8 Å². The van der Waals surface area contributed by atoms with Gasteiger partial charge in [0.2, 0.25) is 5.28 Å². The van der Waals surface area contributed by atoms with Crippen molar-refractivity contribution < 1.29 is 14.6 Å². The number of nitrogens with zero attached hydrogens (tertiary/aromatic N) is 2. The van der Waals surface area contributed by atoms with Gasteiger partial charge in [-0.05, 0) is 31.4 Å². The highest BCUT2D eigenvalue weighted by atomic mass is 35.5. The first-order chi connectivity index (χ1) is 8.44. The van der Waals surface area contributed by atoms with Crippen LogP contribution in [-0.4, -0.2) is 39.8 Å². The number of aliphatic hydroxyl groups is 1. The average molecular weight is 274 g/mol. The van der Waals surface area contributed by atoms with Crippen LogP contribution in [0.2, 0.25) is 5.28 Å². The molecule has 0 aliphatic heterocycles. The van der Waals surface area contributed by atoms with E-state index in [1.54, 1.807) is 6.92 Å². The molecule has 0 amide bonds. The fourth-order valence-electron chi connectivity index (χ4n) is 1.22. The van der Waals surface area contributed by atoms with Crippen LogP contribution in [0.25, 0.3) is 0 Å². The maximum Gasteiger partial charge on any atom is 0.341 e. The molecule has 0 spiro atoms. The quantitative estimate of drug-likeness (QED) is 0.451. The molecule has 18 heavy (non-hydrogen) atoms. The zero-order valence-electron chi connectivity index (χ0n) is 10.1. The topological polar surface area (TPSA) is 98.3 Å². The molecule has 0 aromatic carbocycles. The van der Waals surface area contributed by atoms with Gasteiger partial charge in [-0.15, -0.1) is 0 Å². The van der Waals surface area contributed by atoms with E-state index in [9.17, 15) is 4.79 Å². The summed E-state index contributed by atoms with van der Waals surface area (Å²) in [4.78, 5) is 18.9. The number of hydrogen-bond donors (Lipinski definition) is 2. The van der Waals surface area contributed by atoms with Crippen molar-refractivity contribution in [3.8, 4) is 0 Å². The SMILES string of the molecule is CC(N)(CO)CCCOC(=O)c1cnc(Cl)nc1. The van der Waals surface area contributed by atoms with E-state index >= 15 is 0 Å². The van der Waals surface area contributed by atoms with Gasteiger partial charge in [-0.1, -0.05) is 0 Å². The third-order valence-electron chi connectivity index (χ3n) is 2.34. The van der Waals surface area contributed by atoms with Crippen molar-refractivity contribution in [1.29, 1.82) is 0 Å². The normalized spacial score (nSPS) is 14.0. The van der Waals surface area contributed by atoms with Crippen LogP contribution in [-0.2, 0) is 4.74 Å². The molecule has 0 aliphatic carbocycles. The zero-order valence-corrected chi connectivity index (χ0v) is 10.9. The van der Waals surface area contributed by atoms with E-state index in [2.05, 4.69) is 9.97 Å². The fourth-order valence-corrected chi connectivity index (χ4v) is 1.32. The summed E-state index contributed by atoms with van der Waals surface area (Å²) in [6.45, 7) is 1.86. The third-order valence-corrected chi connectivity index (χ3v) is 2.54. The number of rotatable bonds is 6. The fraction of sp³-hybridized carbons (Fsp3) is 0.545. The average Bonchev–Trinajstić information content (AvgIpc) is 2.35. The molecule has 1 aromatic heterocycles. The van der Waals surface area contributed by atoms with E-state index in [0.717, 1.165) is 0 Å². The zero-order chi connectivity index (χ0) is 13.6. The van der Waals surface area contributed by atoms with Crippen LogP contribution in [0.3, 0.4) is 0 Å². The molecule has 1 aromatic rings. The van der Waals surface area contributed by atoms with Crippen molar-refractivity contribution in [3.63, 3.8) is 0 Å². The molecule has 7 heteroatoms. The van der Waals surface area contributed by atoms with Crippen molar-refractivity contribution in [2.75, 3.05) is 13.2 Å². The highest BCUT2D eigenvalue weighted by Gasteiger charge is 2.16. The first-order valence-electron chi connectivity index (χ1n) is 5.49. The lowest BCUT2D eigenvalue weighted by Gasteiger charge is -2.20. The standard InChI is InChI=1S/C11H16ClN3O3/c1-11(13,7-16)3-2-4-18-9(17)8-5-14-10(12)15-6-8/h5-6,16H,2-4,7,13H2,1H3. The van der Waals surface area contributed by atoms with Gasteiger partial charge in [0.25, 0.3) is 0 Å². The molecule has 1 heterocycles. The summed E-state index contributed by atoms with van der Waals surface area (Å²) < 4.78 is 5.01. The Labute approximate surface area is 110 Å². The molecule has 0 aliphatic rings. The van der Waals surface area contributed by atoms with Gasteiger partial charge in [-0.2, -0.15) is 0 Å². The second kappa shape index (κ2) is 6.63. The maximum atomic E-state index is 11.5. The van der Waals surface area contributed by atoms with E-state index in [1.165, 1.54) is 12.4 Å². The predicted octanol–water partition coefficient (Wildman–Crippen LogP) is 0.777. The summed E-state index contributed by atoms with van der Waals surface area (Å²) in [5, 5.41) is 9.02. The molecule has 0 bridgehead atoms. The van der Waals surface area contributed by atoms with Crippen LogP contribution in [0.1, 0.15) is 30.1 Å². The van der Waals surface area contributed by atoms with Crippen LogP contribution in [0.15, 0.2) is 12.4 Å². The minimum absolute atomic E-state index is 0.0772. The van der Waals surface area contributed by atoms with Crippen LogP contribution < -0.4 is 5.73 Å². The van der Waals surface area contributed by atoms with E-state index < -0.39 is 11.5 Å². The number of nitrogens with two attached hydrogens (primary N) is 1. The number of halogens is 1. The van der Waals surface area contributed by atoms with Gasteiger partial charge in [0.05, 0.1) is 18.8 Å². The van der Waals surface area contributed by atoms with Crippen LogP contribution >= 0.6 is 11.6 Å². The summed E-state index contributed by atoms with van der Waals surface area (Å²) >= 11 is 5.50. The Morgan fingerprint density at radius 1 is 1.56 bits per heavy atom. The van der Waals surface area contributed by atoms with Gasteiger partial charge in [-0.3, -0.25) is 0 Å². The lowest BCUT2D eigenvalue weighted by atomic mass is 9.99. The van der Waals surface area contributed by atoms with E-state index in [1.807, 2.05) is 0 Å². The number of esters is 1. The second-order valence-electron chi connectivity index (χ2n) is 4.29. The summed E-state index contributed by atoms with van der Waals surface area (Å²) in [7, 11) is 0. The Morgan fingerprint density at radius 2 is 2.17 bits per heavy atom. The van der Waals surface area contributed by atoms with Crippen molar-refractivity contribution in [1.82, 2.24) is 9.97 Å². The number of aliphatic hydroxyl groups excluding tert-OH is 1. The first kappa shape index (κ1) is 14.8. The summed E-state index contributed by atoms with van der Waals surface area (Å²) in [6, 6.07) is 0. The minimum Gasteiger partial charge on any atom is -0.462 e. The molecule has 3 N–H and O–H groups in total. The summed E-state index contributed by atoms with van der Waals surface area (Å²) in [5.74, 6) is -0.505. The number of hydrogen-bond acceptors (Lipinski definition) is 6. The van der Waals surface area contributed by atoms with Crippen molar-refractivity contribution in [2.45, 2.75) is 25.3 Å².